The van der Waals surface area contributed by atoms with Gasteiger partial charge in [-0.25, -0.2) is 4.79 Å². The first kappa shape index (κ1) is 17.4. The van der Waals surface area contributed by atoms with E-state index in [1.54, 1.807) is 18.2 Å². The number of halogens is 2. The highest BCUT2D eigenvalue weighted by atomic mass is 35.5. The number of urea groups is 1. The first-order valence-corrected chi connectivity index (χ1v) is 7.91. The summed E-state index contributed by atoms with van der Waals surface area (Å²) in [4.78, 5) is 11.8. The minimum Gasteiger partial charge on any atom is -0.492 e. The number of benzene rings is 2. The van der Waals surface area contributed by atoms with E-state index >= 15 is 0 Å². The van der Waals surface area contributed by atoms with Crippen LogP contribution in [0.4, 0.5) is 10.5 Å². The molecule has 23 heavy (non-hydrogen) atoms. The summed E-state index contributed by atoms with van der Waals surface area (Å²) in [5, 5.41) is 6.27. The van der Waals surface area contributed by atoms with Crippen LogP contribution in [0.2, 0.25) is 10.0 Å². The number of hydrogen-bond donors (Lipinski definition) is 2. The van der Waals surface area contributed by atoms with Crippen LogP contribution in [0.1, 0.15) is 11.1 Å². The monoisotopic (exact) mass is 352 g/mol. The number of carbonyl (C=O) groups is 1. The Labute approximate surface area is 145 Å². The molecule has 122 valence electrons. The van der Waals surface area contributed by atoms with E-state index in [2.05, 4.69) is 10.6 Å². The van der Waals surface area contributed by atoms with Gasteiger partial charge in [-0.05, 0) is 55.3 Å². The van der Waals surface area contributed by atoms with E-state index < -0.39 is 0 Å². The minimum absolute atomic E-state index is 0.363. The van der Waals surface area contributed by atoms with Crippen LogP contribution in [0.15, 0.2) is 36.4 Å². The van der Waals surface area contributed by atoms with E-state index in [4.69, 9.17) is 27.9 Å². The first-order valence-electron chi connectivity index (χ1n) is 7.15. The van der Waals surface area contributed by atoms with E-state index in [0.29, 0.717) is 28.9 Å². The molecule has 0 bridgehead atoms. The molecule has 0 saturated heterocycles. The Hall–Kier alpha value is -1.91. The third-order valence-electron chi connectivity index (χ3n) is 3.31. The normalized spacial score (nSPS) is 10.3. The van der Waals surface area contributed by atoms with Gasteiger partial charge in [-0.2, -0.15) is 0 Å². The molecule has 2 amide bonds. The Kier molecular flexibility index (Phi) is 6.13. The van der Waals surface area contributed by atoms with Gasteiger partial charge in [0.2, 0.25) is 0 Å². The van der Waals surface area contributed by atoms with Gasteiger partial charge >= 0.3 is 6.03 Å². The van der Waals surface area contributed by atoms with Crippen molar-refractivity contribution in [3.63, 3.8) is 0 Å². The van der Waals surface area contributed by atoms with E-state index in [9.17, 15) is 4.79 Å². The van der Waals surface area contributed by atoms with Crippen LogP contribution in [-0.4, -0.2) is 19.2 Å². The average molecular weight is 353 g/mol. The zero-order valence-electron chi connectivity index (χ0n) is 13.0. The predicted octanol–water partition coefficient (Wildman–Crippen LogP) is 4.81. The molecule has 0 aliphatic heterocycles. The van der Waals surface area contributed by atoms with Gasteiger partial charge in [0.1, 0.15) is 12.4 Å². The van der Waals surface area contributed by atoms with Crippen LogP contribution in [-0.2, 0) is 0 Å². The number of rotatable bonds is 5. The third-order valence-corrected chi connectivity index (χ3v) is 3.88. The number of aryl methyl sites for hydroxylation is 2. The SMILES string of the molecule is Cc1ccc(OCCNC(=O)Nc2cc(Cl)ccc2Cl)cc1C. The van der Waals surface area contributed by atoms with Gasteiger partial charge in [0, 0.05) is 5.02 Å². The molecule has 0 radical (unpaired) electrons. The molecule has 0 heterocycles. The summed E-state index contributed by atoms with van der Waals surface area (Å²) < 4.78 is 5.60. The predicted molar refractivity (Wildman–Crippen MR) is 94.9 cm³/mol. The van der Waals surface area contributed by atoms with Crippen molar-refractivity contribution < 1.29 is 9.53 Å². The fraction of sp³-hybridized carbons (Fsp3) is 0.235. The lowest BCUT2D eigenvalue weighted by Crippen LogP contribution is -2.32. The molecule has 0 saturated carbocycles. The molecule has 6 heteroatoms. The van der Waals surface area contributed by atoms with Crippen LogP contribution in [0, 0.1) is 13.8 Å². The van der Waals surface area contributed by atoms with Crippen molar-refractivity contribution in [3.05, 3.63) is 57.6 Å². The summed E-state index contributed by atoms with van der Waals surface area (Å²) in [6.07, 6.45) is 0. The standard InChI is InChI=1S/C17H18Cl2N2O2/c1-11-3-5-14(9-12(11)2)23-8-7-20-17(22)21-16-10-13(18)4-6-15(16)19/h3-6,9-10H,7-8H2,1-2H3,(H2,20,21,22). The topological polar surface area (TPSA) is 50.4 Å². The lowest BCUT2D eigenvalue weighted by Gasteiger charge is -2.11. The zero-order valence-corrected chi connectivity index (χ0v) is 14.5. The summed E-state index contributed by atoms with van der Waals surface area (Å²) in [5.41, 5.74) is 2.85. The molecular formula is C17H18Cl2N2O2. The lowest BCUT2D eigenvalue weighted by atomic mass is 10.1. The highest BCUT2D eigenvalue weighted by molar-refractivity contribution is 6.35. The smallest absolute Gasteiger partial charge is 0.319 e. The van der Waals surface area contributed by atoms with Gasteiger partial charge in [-0.15, -0.1) is 0 Å². The van der Waals surface area contributed by atoms with Gasteiger partial charge in [0.05, 0.1) is 17.3 Å². The number of hydrogen-bond acceptors (Lipinski definition) is 2. The van der Waals surface area contributed by atoms with E-state index in [-0.39, 0.29) is 6.03 Å². The molecule has 0 unspecified atom stereocenters. The van der Waals surface area contributed by atoms with Crippen molar-refractivity contribution in [3.8, 4) is 5.75 Å². The summed E-state index contributed by atoms with van der Waals surface area (Å²) in [7, 11) is 0. The van der Waals surface area contributed by atoms with Crippen LogP contribution in [0.25, 0.3) is 0 Å². The maximum Gasteiger partial charge on any atom is 0.319 e. The Balaban J connectivity index is 1.76. The minimum atomic E-state index is -0.363. The van der Waals surface area contributed by atoms with Crippen LogP contribution < -0.4 is 15.4 Å². The third kappa shape index (κ3) is 5.34. The zero-order chi connectivity index (χ0) is 16.8. The maximum absolute atomic E-state index is 11.8. The number of carbonyl (C=O) groups excluding carboxylic acids is 1. The van der Waals surface area contributed by atoms with Crippen molar-refractivity contribution in [1.29, 1.82) is 0 Å². The Morgan fingerprint density at radius 2 is 1.87 bits per heavy atom. The van der Waals surface area contributed by atoms with Crippen molar-refractivity contribution in [2.45, 2.75) is 13.8 Å². The average Bonchev–Trinajstić information content (AvgIpc) is 2.51. The molecule has 2 aromatic rings. The summed E-state index contributed by atoms with van der Waals surface area (Å²) in [5.74, 6) is 0.785. The molecule has 2 N–H and O–H groups in total. The quantitative estimate of drug-likeness (QED) is 0.758. The van der Waals surface area contributed by atoms with E-state index in [0.717, 1.165) is 5.75 Å². The molecule has 0 fully saturated rings. The fourth-order valence-corrected chi connectivity index (χ4v) is 2.23. The molecule has 2 rings (SSSR count). The van der Waals surface area contributed by atoms with Crippen molar-refractivity contribution in [1.82, 2.24) is 5.32 Å². The van der Waals surface area contributed by atoms with Crippen molar-refractivity contribution in [2.75, 3.05) is 18.5 Å². The second kappa shape index (κ2) is 8.09. The van der Waals surface area contributed by atoms with Crippen LogP contribution in [0.5, 0.6) is 5.75 Å². The Bertz CT molecular complexity index is 705. The van der Waals surface area contributed by atoms with Crippen molar-refractivity contribution in [2.24, 2.45) is 0 Å². The number of amides is 2. The highest BCUT2D eigenvalue weighted by Gasteiger charge is 2.06. The van der Waals surface area contributed by atoms with Gasteiger partial charge in [-0.1, -0.05) is 29.3 Å². The summed E-state index contributed by atoms with van der Waals surface area (Å²) >= 11 is 11.9. The molecular weight excluding hydrogens is 335 g/mol. The lowest BCUT2D eigenvalue weighted by molar-refractivity contribution is 0.247. The molecule has 0 aromatic heterocycles. The van der Waals surface area contributed by atoms with Crippen LogP contribution >= 0.6 is 23.2 Å². The molecule has 0 atom stereocenters. The summed E-state index contributed by atoms with van der Waals surface area (Å²) in [6, 6.07) is 10.4. The van der Waals surface area contributed by atoms with Crippen molar-refractivity contribution >= 4 is 34.9 Å². The molecule has 2 aromatic carbocycles. The largest absolute Gasteiger partial charge is 0.492 e. The second-order valence-electron chi connectivity index (χ2n) is 5.10. The van der Waals surface area contributed by atoms with Gasteiger partial charge in [0.15, 0.2) is 0 Å². The fourth-order valence-electron chi connectivity index (χ4n) is 1.90. The molecule has 0 aliphatic carbocycles. The first-order chi connectivity index (χ1) is 11.0. The van der Waals surface area contributed by atoms with Crippen LogP contribution in [0.3, 0.4) is 0 Å². The second-order valence-corrected chi connectivity index (χ2v) is 5.94. The molecule has 4 nitrogen and oxygen atoms in total. The summed E-state index contributed by atoms with van der Waals surface area (Å²) in [6.45, 7) is 4.82. The van der Waals surface area contributed by atoms with Gasteiger partial charge in [-0.3, -0.25) is 0 Å². The maximum atomic E-state index is 11.8. The molecule has 0 aliphatic rings. The van der Waals surface area contributed by atoms with Gasteiger partial charge in [0.25, 0.3) is 0 Å². The van der Waals surface area contributed by atoms with E-state index in [1.165, 1.54) is 11.1 Å². The number of nitrogens with one attached hydrogen (secondary N) is 2. The number of anilines is 1. The highest BCUT2D eigenvalue weighted by Crippen LogP contribution is 2.25. The Morgan fingerprint density at radius 3 is 2.61 bits per heavy atom. The Morgan fingerprint density at radius 1 is 1.09 bits per heavy atom. The molecule has 0 spiro atoms. The van der Waals surface area contributed by atoms with Gasteiger partial charge < -0.3 is 15.4 Å². The van der Waals surface area contributed by atoms with E-state index in [1.807, 2.05) is 32.0 Å². The number of ether oxygens (including phenoxy) is 1.